The fraction of sp³-hybridized carbons (Fsp3) is 0.632. The largest absolute Gasteiger partial charge is 0.342 e. The molecular weight excluding hydrogens is 316 g/mol. The van der Waals surface area contributed by atoms with Gasteiger partial charge in [0.2, 0.25) is 11.8 Å². The van der Waals surface area contributed by atoms with E-state index in [0.29, 0.717) is 24.7 Å². The van der Waals surface area contributed by atoms with Gasteiger partial charge in [0.25, 0.3) is 0 Å². The summed E-state index contributed by atoms with van der Waals surface area (Å²) in [4.78, 5) is 31.3. The second-order valence-electron chi connectivity index (χ2n) is 7.39. The smallest absolute Gasteiger partial charge is 0.230 e. The lowest BCUT2D eigenvalue weighted by Crippen LogP contribution is -2.44. The molecular formula is C19H28N4O2. The van der Waals surface area contributed by atoms with E-state index in [4.69, 9.17) is 5.73 Å². The van der Waals surface area contributed by atoms with Crippen LogP contribution in [0.1, 0.15) is 44.2 Å². The Bertz CT molecular complexity index is 634. The van der Waals surface area contributed by atoms with E-state index in [2.05, 4.69) is 10.3 Å². The third kappa shape index (κ3) is 4.57. The molecule has 136 valence electrons. The van der Waals surface area contributed by atoms with Crippen LogP contribution in [0.2, 0.25) is 0 Å². The highest BCUT2D eigenvalue weighted by molar-refractivity contribution is 5.92. The average molecular weight is 344 g/mol. The van der Waals surface area contributed by atoms with Crippen molar-refractivity contribution in [2.45, 2.75) is 51.5 Å². The number of amides is 2. The van der Waals surface area contributed by atoms with E-state index >= 15 is 0 Å². The molecule has 0 bridgehead atoms. The summed E-state index contributed by atoms with van der Waals surface area (Å²) < 4.78 is 0. The predicted molar refractivity (Wildman–Crippen MR) is 96.8 cm³/mol. The van der Waals surface area contributed by atoms with Crippen molar-refractivity contribution in [1.82, 2.24) is 9.88 Å². The van der Waals surface area contributed by atoms with Gasteiger partial charge in [0.05, 0.1) is 5.92 Å². The van der Waals surface area contributed by atoms with Crippen LogP contribution in [-0.4, -0.2) is 40.8 Å². The van der Waals surface area contributed by atoms with Crippen LogP contribution in [0.25, 0.3) is 0 Å². The molecule has 1 unspecified atom stereocenters. The second kappa shape index (κ2) is 7.95. The second-order valence-corrected chi connectivity index (χ2v) is 7.39. The summed E-state index contributed by atoms with van der Waals surface area (Å²) in [5, 5.41) is 2.88. The summed E-state index contributed by atoms with van der Waals surface area (Å²) in [5.74, 6) is 0.808. The van der Waals surface area contributed by atoms with Crippen LogP contribution < -0.4 is 11.1 Å². The zero-order chi connectivity index (χ0) is 17.8. The molecule has 0 aromatic carbocycles. The summed E-state index contributed by atoms with van der Waals surface area (Å²) in [5.41, 5.74) is 6.96. The minimum Gasteiger partial charge on any atom is -0.342 e. The molecule has 1 aliphatic heterocycles. The maximum Gasteiger partial charge on any atom is 0.230 e. The van der Waals surface area contributed by atoms with E-state index < -0.39 is 0 Å². The van der Waals surface area contributed by atoms with Gasteiger partial charge < -0.3 is 16.0 Å². The lowest BCUT2D eigenvalue weighted by molar-refractivity contribution is -0.135. The van der Waals surface area contributed by atoms with Crippen molar-refractivity contribution in [3.8, 4) is 0 Å². The van der Waals surface area contributed by atoms with Crippen molar-refractivity contribution < 1.29 is 9.59 Å². The molecule has 2 fully saturated rings. The molecule has 6 nitrogen and oxygen atoms in total. The van der Waals surface area contributed by atoms with Gasteiger partial charge in [-0.2, -0.15) is 0 Å². The molecule has 2 amide bonds. The lowest BCUT2D eigenvalue weighted by atomic mass is 9.94. The van der Waals surface area contributed by atoms with Crippen molar-refractivity contribution in [2.75, 3.05) is 18.4 Å². The Morgan fingerprint density at radius 1 is 1.28 bits per heavy atom. The normalized spacial score (nSPS) is 26.5. The van der Waals surface area contributed by atoms with E-state index in [9.17, 15) is 9.59 Å². The van der Waals surface area contributed by atoms with E-state index in [1.54, 1.807) is 6.07 Å². The first-order valence-electron chi connectivity index (χ1n) is 9.31. The molecule has 1 aromatic heterocycles. The third-order valence-electron chi connectivity index (χ3n) is 5.44. The molecule has 3 rings (SSSR count). The number of aromatic nitrogens is 1. The fourth-order valence-electron chi connectivity index (χ4n) is 3.93. The zero-order valence-corrected chi connectivity index (χ0v) is 14.9. The number of likely N-dealkylation sites (tertiary alicyclic amines) is 1. The van der Waals surface area contributed by atoms with Crippen LogP contribution in [-0.2, 0) is 9.59 Å². The number of carbonyl (C=O) groups excluding carboxylic acids is 2. The molecule has 3 atom stereocenters. The van der Waals surface area contributed by atoms with Crippen molar-refractivity contribution in [1.29, 1.82) is 0 Å². The molecule has 3 N–H and O–H groups in total. The summed E-state index contributed by atoms with van der Waals surface area (Å²) >= 11 is 0. The molecule has 2 aliphatic rings. The number of rotatable bonds is 4. The molecule has 25 heavy (non-hydrogen) atoms. The average Bonchev–Trinajstić information content (AvgIpc) is 3.00. The van der Waals surface area contributed by atoms with E-state index in [-0.39, 0.29) is 23.8 Å². The summed E-state index contributed by atoms with van der Waals surface area (Å²) in [7, 11) is 0. The Hall–Kier alpha value is -1.95. The van der Waals surface area contributed by atoms with Gasteiger partial charge in [0.15, 0.2) is 0 Å². The van der Waals surface area contributed by atoms with Crippen molar-refractivity contribution >= 4 is 17.6 Å². The number of nitrogens with two attached hydrogens (primary N) is 1. The van der Waals surface area contributed by atoms with E-state index in [1.807, 2.05) is 24.0 Å². The number of piperidine rings is 1. The Morgan fingerprint density at radius 3 is 2.84 bits per heavy atom. The Labute approximate surface area is 149 Å². The maximum absolute atomic E-state index is 12.6. The fourth-order valence-corrected chi connectivity index (χ4v) is 3.93. The van der Waals surface area contributed by atoms with Gasteiger partial charge in [-0.25, -0.2) is 4.98 Å². The maximum atomic E-state index is 12.6. The summed E-state index contributed by atoms with van der Waals surface area (Å²) in [6.07, 6.45) is 5.38. The minimum absolute atomic E-state index is 0.0480. The number of hydrogen-bond donors (Lipinski definition) is 2. The number of carbonyl (C=O) groups is 2. The van der Waals surface area contributed by atoms with Crippen LogP contribution in [0, 0.1) is 18.8 Å². The molecule has 6 heteroatoms. The summed E-state index contributed by atoms with van der Waals surface area (Å²) in [6.45, 7) is 3.14. The minimum atomic E-state index is -0.169. The number of nitrogens with one attached hydrogen (secondary N) is 1. The van der Waals surface area contributed by atoms with Crippen molar-refractivity contribution in [3.05, 3.63) is 23.9 Å². The molecule has 1 saturated heterocycles. The number of nitrogens with zero attached hydrogens (tertiary/aromatic N) is 2. The zero-order valence-electron chi connectivity index (χ0n) is 14.9. The molecule has 2 heterocycles. The molecule has 0 spiro atoms. The highest BCUT2D eigenvalue weighted by Gasteiger charge is 2.32. The molecule has 1 saturated carbocycles. The number of anilines is 1. The van der Waals surface area contributed by atoms with Gasteiger partial charge in [-0.05, 0) is 50.7 Å². The first-order valence-corrected chi connectivity index (χ1v) is 9.31. The standard InChI is InChI=1S/C19H28N4O2/c1-13-5-2-9-17(21-13)22-19(25)15-7-4-10-23(12-15)18(24)11-14-6-3-8-16(14)20/h2,5,9,14-16H,3-4,6-8,10-12,20H2,1H3,(H,21,22,25)/t14-,15?,16+/m0/s1. The van der Waals surface area contributed by atoms with Crippen LogP contribution in [0.4, 0.5) is 5.82 Å². The topological polar surface area (TPSA) is 88.3 Å². The monoisotopic (exact) mass is 344 g/mol. The van der Waals surface area contributed by atoms with Gasteiger partial charge in [0.1, 0.15) is 5.82 Å². The highest BCUT2D eigenvalue weighted by Crippen LogP contribution is 2.28. The Kier molecular flexibility index (Phi) is 5.68. The number of aryl methyl sites for hydroxylation is 1. The van der Waals surface area contributed by atoms with Crippen LogP contribution in [0.3, 0.4) is 0 Å². The predicted octanol–water partition coefficient (Wildman–Crippen LogP) is 2.08. The van der Waals surface area contributed by atoms with Gasteiger partial charge in [0, 0.05) is 31.2 Å². The van der Waals surface area contributed by atoms with Crippen molar-refractivity contribution in [3.63, 3.8) is 0 Å². The first kappa shape index (κ1) is 17.9. The molecule has 0 radical (unpaired) electrons. The van der Waals surface area contributed by atoms with Gasteiger partial charge in [-0.15, -0.1) is 0 Å². The van der Waals surface area contributed by atoms with Gasteiger partial charge in [-0.3, -0.25) is 9.59 Å². The third-order valence-corrected chi connectivity index (χ3v) is 5.44. The molecule has 1 aromatic rings. The van der Waals surface area contributed by atoms with Crippen LogP contribution in [0.15, 0.2) is 18.2 Å². The number of hydrogen-bond acceptors (Lipinski definition) is 4. The SMILES string of the molecule is Cc1cccc(NC(=O)C2CCCN(C(=O)C[C@@H]3CCC[C@H]3N)C2)n1. The van der Waals surface area contributed by atoms with Gasteiger partial charge in [-0.1, -0.05) is 12.5 Å². The lowest BCUT2D eigenvalue weighted by Gasteiger charge is -2.33. The first-order chi connectivity index (χ1) is 12.0. The van der Waals surface area contributed by atoms with E-state index in [1.165, 1.54) is 0 Å². The number of pyridine rings is 1. The van der Waals surface area contributed by atoms with Crippen molar-refractivity contribution in [2.24, 2.45) is 17.6 Å². The summed E-state index contributed by atoms with van der Waals surface area (Å²) in [6, 6.07) is 5.71. The van der Waals surface area contributed by atoms with Crippen LogP contribution >= 0.6 is 0 Å². The molecule has 1 aliphatic carbocycles. The highest BCUT2D eigenvalue weighted by atomic mass is 16.2. The van der Waals surface area contributed by atoms with Gasteiger partial charge >= 0.3 is 0 Å². The quantitative estimate of drug-likeness (QED) is 0.875. The Balaban J connectivity index is 1.55. The van der Waals surface area contributed by atoms with Crippen LogP contribution in [0.5, 0.6) is 0 Å². The van der Waals surface area contributed by atoms with E-state index in [0.717, 1.165) is 44.3 Å². The Morgan fingerprint density at radius 2 is 2.12 bits per heavy atom.